The number of nitrogens with one attached hydrogen (secondary N) is 1. The molecule has 0 fully saturated rings. The van der Waals surface area contributed by atoms with Crippen molar-refractivity contribution in [1.82, 2.24) is 15.1 Å². The van der Waals surface area contributed by atoms with E-state index in [0.29, 0.717) is 6.54 Å². The zero-order valence-electron chi connectivity index (χ0n) is 9.37. The van der Waals surface area contributed by atoms with E-state index in [1.807, 2.05) is 32.3 Å². The molecule has 0 atom stereocenters. The summed E-state index contributed by atoms with van der Waals surface area (Å²) in [6.07, 6.45) is 1.83. The third-order valence-electron chi connectivity index (χ3n) is 2.29. The number of benzene rings is 1. The summed E-state index contributed by atoms with van der Waals surface area (Å²) < 4.78 is 14.9. The maximum absolute atomic E-state index is 13.2. The highest BCUT2D eigenvalue weighted by Gasteiger charge is 2.02. The lowest BCUT2D eigenvalue weighted by molar-refractivity contribution is 0.623. The molecule has 1 heterocycles. The predicted octanol–water partition coefficient (Wildman–Crippen LogP) is 2.04. The fraction of sp³-hybridized carbons (Fsp3) is 0.250. The third-order valence-corrected chi connectivity index (χ3v) is 2.29. The molecule has 0 aliphatic carbocycles. The van der Waals surface area contributed by atoms with Crippen molar-refractivity contribution in [2.45, 2.75) is 13.5 Å². The molecule has 0 bridgehead atoms. The van der Waals surface area contributed by atoms with Gasteiger partial charge in [0.1, 0.15) is 5.82 Å². The third kappa shape index (κ3) is 2.28. The predicted molar refractivity (Wildman–Crippen MR) is 61.0 cm³/mol. The van der Waals surface area contributed by atoms with Gasteiger partial charge >= 0.3 is 0 Å². The lowest BCUT2D eigenvalue weighted by Crippen LogP contribution is -2.06. The zero-order valence-corrected chi connectivity index (χ0v) is 9.37. The molecule has 0 saturated heterocycles. The Kier molecular flexibility index (Phi) is 3.01. The second-order valence-electron chi connectivity index (χ2n) is 3.77. The summed E-state index contributed by atoms with van der Waals surface area (Å²) in [6.45, 7) is 2.58. The van der Waals surface area contributed by atoms with Gasteiger partial charge in [0.15, 0.2) is 0 Å². The first kappa shape index (κ1) is 10.8. The number of aryl methyl sites for hydroxylation is 1. The molecule has 2 rings (SSSR count). The lowest BCUT2D eigenvalue weighted by Gasteiger charge is -2.03. The Morgan fingerprint density at radius 1 is 1.38 bits per heavy atom. The monoisotopic (exact) mass is 219 g/mol. The quantitative estimate of drug-likeness (QED) is 0.856. The highest BCUT2D eigenvalue weighted by atomic mass is 19.1. The zero-order chi connectivity index (χ0) is 11.5. The number of nitrogens with zero attached hydrogens (tertiary/aromatic N) is 2. The average Bonchev–Trinajstić information content (AvgIpc) is 2.65. The molecule has 0 unspecified atom stereocenters. The molecule has 2 aromatic rings. The van der Waals surface area contributed by atoms with E-state index in [1.165, 1.54) is 12.1 Å². The van der Waals surface area contributed by atoms with Gasteiger partial charge in [0, 0.05) is 12.7 Å². The SMILES string of the molecule is CNCc1ccn(-c2cc(C)cc(F)c2)n1. The van der Waals surface area contributed by atoms with Crippen LogP contribution in [0, 0.1) is 12.7 Å². The van der Waals surface area contributed by atoms with Crippen molar-refractivity contribution < 1.29 is 4.39 Å². The first-order valence-corrected chi connectivity index (χ1v) is 5.16. The minimum atomic E-state index is -0.235. The lowest BCUT2D eigenvalue weighted by atomic mass is 10.2. The normalized spacial score (nSPS) is 10.7. The van der Waals surface area contributed by atoms with Crippen LogP contribution in [0.5, 0.6) is 0 Å². The molecule has 0 spiro atoms. The van der Waals surface area contributed by atoms with Crippen LogP contribution in [0.4, 0.5) is 4.39 Å². The van der Waals surface area contributed by atoms with Gasteiger partial charge in [-0.25, -0.2) is 9.07 Å². The number of halogens is 1. The molecular formula is C12H14FN3. The molecule has 0 amide bonds. The standard InChI is InChI=1S/C12H14FN3/c1-9-5-10(13)7-12(6-9)16-4-3-11(15-16)8-14-2/h3-7,14H,8H2,1-2H3. The minimum absolute atomic E-state index is 0.235. The van der Waals surface area contributed by atoms with Crippen LogP contribution in [0.3, 0.4) is 0 Å². The van der Waals surface area contributed by atoms with Gasteiger partial charge in [-0.2, -0.15) is 5.10 Å². The van der Waals surface area contributed by atoms with E-state index in [9.17, 15) is 4.39 Å². The largest absolute Gasteiger partial charge is 0.314 e. The van der Waals surface area contributed by atoms with Gasteiger partial charge < -0.3 is 5.32 Å². The molecule has 1 N–H and O–H groups in total. The van der Waals surface area contributed by atoms with Gasteiger partial charge in [-0.15, -0.1) is 0 Å². The molecule has 0 aliphatic heterocycles. The summed E-state index contributed by atoms with van der Waals surface area (Å²) >= 11 is 0. The summed E-state index contributed by atoms with van der Waals surface area (Å²) in [7, 11) is 1.87. The highest BCUT2D eigenvalue weighted by Crippen LogP contribution is 2.12. The van der Waals surface area contributed by atoms with Crippen LogP contribution in [0.25, 0.3) is 5.69 Å². The van der Waals surface area contributed by atoms with Crippen molar-refractivity contribution in [2.24, 2.45) is 0 Å². The first-order valence-electron chi connectivity index (χ1n) is 5.16. The van der Waals surface area contributed by atoms with Crippen molar-refractivity contribution in [3.05, 3.63) is 47.5 Å². The van der Waals surface area contributed by atoms with E-state index >= 15 is 0 Å². The molecule has 1 aromatic carbocycles. The average molecular weight is 219 g/mol. The molecule has 0 saturated carbocycles. The Labute approximate surface area is 93.9 Å². The molecule has 3 nitrogen and oxygen atoms in total. The summed E-state index contributed by atoms with van der Waals surface area (Å²) in [4.78, 5) is 0. The molecule has 1 aromatic heterocycles. The van der Waals surface area contributed by atoms with Crippen molar-refractivity contribution >= 4 is 0 Å². The van der Waals surface area contributed by atoms with Crippen LogP contribution in [0.1, 0.15) is 11.3 Å². The number of hydrogen-bond donors (Lipinski definition) is 1. The summed E-state index contributed by atoms with van der Waals surface area (Å²) in [5.41, 5.74) is 2.57. The van der Waals surface area contributed by atoms with E-state index in [-0.39, 0.29) is 5.82 Å². The summed E-state index contributed by atoms with van der Waals surface area (Å²) in [5.74, 6) is -0.235. The number of rotatable bonds is 3. The second-order valence-corrected chi connectivity index (χ2v) is 3.77. The van der Waals surface area contributed by atoms with Gasteiger partial charge in [-0.05, 0) is 43.8 Å². The van der Waals surface area contributed by atoms with Gasteiger partial charge in [-0.1, -0.05) is 0 Å². The first-order chi connectivity index (χ1) is 7.69. The number of aromatic nitrogens is 2. The van der Waals surface area contributed by atoms with Gasteiger partial charge in [-0.3, -0.25) is 0 Å². The fourth-order valence-corrected chi connectivity index (χ4v) is 1.63. The van der Waals surface area contributed by atoms with Crippen molar-refractivity contribution in [2.75, 3.05) is 7.05 Å². The maximum Gasteiger partial charge on any atom is 0.125 e. The van der Waals surface area contributed by atoms with Crippen LogP contribution < -0.4 is 5.32 Å². The topological polar surface area (TPSA) is 29.9 Å². The van der Waals surface area contributed by atoms with Crippen LogP contribution in [-0.2, 0) is 6.54 Å². The highest BCUT2D eigenvalue weighted by molar-refractivity contribution is 5.35. The fourth-order valence-electron chi connectivity index (χ4n) is 1.63. The Bertz CT molecular complexity index is 471. The Morgan fingerprint density at radius 3 is 2.88 bits per heavy atom. The van der Waals surface area contributed by atoms with Gasteiger partial charge in [0.05, 0.1) is 11.4 Å². The van der Waals surface area contributed by atoms with Crippen LogP contribution in [0.15, 0.2) is 30.5 Å². The van der Waals surface area contributed by atoms with E-state index in [4.69, 9.17) is 0 Å². The summed E-state index contributed by atoms with van der Waals surface area (Å²) in [5, 5.41) is 7.36. The van der Waals surface area contributed by atoms with Gasteiger partial charge in [0.2, 0.25) is 0 Å². The maximum atomic E-state index is 13.2. The Morgan fingerprint density at radius 2 is 2.19 bits per heavy atom. The van der Waals surface area contributed by atoms with Crippen LogP contribution in [-0.4, -0.2) is 16.8 Å². The van der Waals surface area contributed by atoms with Crippen molar-refractivity contribution in [1.29, 1.82) is 0 Å². The van der Waals surface area contributed by atoms with Crippen LogP contribution in [0.2, 0.25) is 0 Å². The van der Waals surface area contributed by atoms with E-state index in [1.54, 1.807) is 4.68 Å². The van der Waals surface area contributed by atoms with Crippen LogP contribution >= 0.6 is 0 Å². The summed E-state index contributed by atoms with van der Waals surface area (Å²) in [6, 6.07) is 6.79. The molecule has 84 valence electrons. The molecule has 0 aliphatic rings. The Balaban J connectivity index is 2.34. The molecule has 0 radical (unpaired) electrons. The molecular weight excluding hydrogens is 205 g/mol. The van der Waals surface area contributed by atoms with Crippen molar-refractivity contribution in [3.8, 4) is 5.69 Å². The van der Waals surface area contributed by atoms with E-state index in [0.717, 1.165) is 16.9 Å². The molecule has 4 heteroatoms. The number of hydrogen-bond acceptors (Lipinski definition) is 2. The Hall–Kier alpha value is -1.68. The minimum Gasteiger partial charge on any atom is -0.314 e. The second kappa shape index (κ2) is 4.45. The van der Waals surface area contributed by atoms with Gasteiger partial charge in [0.25, 0.3) is 0 Å². The van der Waals surface area contributed by atoms with E-state index < -0.39 is 0 Å². The van der Waals surface area contributed by atoms with E-state index in [2.05, 4.69) is 10.4 Å². The van der Waals surface area contributed by atoms with Crippen molar-refractivity contribution in [3.63, 3.8) is 0 Å². The smallest absolute Gasteiger partial charge is 0.125 e. The molecule has 16 heavy (non-hydrogen) atoms.